The molecule has 3 amide bonds. The lowest BCUT2D eigenvalue weighted by Crippen LogP contribution is -2.49. The zero-order valence-electron chi connectivity index (χ0n) is 21.5. The summed E-state index contributed by atoms with van der Waals surface area (Å²) in [5.74, 6) is -0.716. The van der Waals surface area contributed by atoms with Gasteiger partial charge in [0.15, 0.2) is 0 Å². The number of hydrogen-bond donors (Lipinski definition) is 1. The zero-order valence-corrected chi connectivity index (χ0v) is 21.5. The van der Waals surface area contributed by atoms with Crippen LogP contribution < -0.4 is 15.9 Å². The second-order valence-corrected chi connectivity index (χ2v) is 11.1. The smallest absolute Gasteiger partial charge is 0.410 e. The Balaban J connectivity index is 1.42. The third kappa shape index (κ3) is 4.26. The Morgan fingerprint density at radius 3 is 2.42 bits per heavy atom. The molecule has 1 unspecified atom stereocenters. The van der Waals surface area contributed by atoms with Crippen LogP contribution in [0.25, 0.3) is 11.0 Å². The van der Waals surface area contributed by atoms with Crippen LogP contribution in [-0.4, -0.2) is 63.2 Å². The van der Waals surface area contributed by atoms with Gasteiger partial charge >= 0.3 is 11.8 Å². The maximum absolute atomic E-state index is 13.3. The summed E-state index contributed by atoms with van der Waals surface area (Å²) >= 11 is 0. The van der Waals surface area contributed by atoms with E-state index < -0.39 is 17.6 Å². The highest BCUT2D eigenvalue weighted by atomic mass is 16.6. The number of likely N-dealkylation sites (tertiary alicyclic amines) is 1. The van der Waals surface area contributed by atoms with Crippen LogP contribution in [-0.2, 0) is 27.8 Å². The lowest BCUT2D eigenvalue weighted by molar-refractivity contribution is -0.135. The molecule has 10 nitrogen and oxygen atoms in total. The first-order valence-electron chi connectivity index (χ1n) is 12.9. The second kappa shape index (κ2) is 8.97. The molecular formula is C26H35N5O5. The normalized spacial score (nSPS) is 21.5. The predicted molar refractivity (Wildman–Crippen MR) is 135 cm³/mol. The fourth-order valence-electron chi connectivity index (χ4n) is 5.90. The minimum atomic E-state index is -0.686. The first-order chi connectivity index (χ1) is 17.0. The molecule has 1 N–H and O–H groups in total. The van der Waals surface area contributed by atoms with Crippen LogP contribution in [0.15, 0.2) is 16.9 Å². The molecule has 1 aromatic carbocycles. The number of nitrogens with zero attached hydrogens (tertiary/aromatic N) is 4. The van der Waals surface area contributed by atoms with Gasteiger partial charge in [-0.3, -0.25) is 24.0 Å². The van der Waals surface area contributed by atoms with E-state index in [2.05, 4.69) is 16.3 Å². The van der Waals surface area contributed by atoms with Gasteiger partial charge in [0.2, 0.25) is 11.8 Å². The minimum Gasteiger partial charge on any atom is -0.444 e. The van der Waals surface area contributed by atoms with Gasteiger partial charge in [-0.25, -0.2) is 9.59 Å². The highest BCUT2D eigenvalue weighted by Gasteiger charge is 2.35. The van der Waals surface area contributed by atoms with Gasteiger partial charge in [0.1, 0.15) is 11.6 Å². The number of hydrogen-bond acceptors (Lipinski definition) is 6. The van der Waals surface area contributed by atoms with Gasteiger partial charge in [-0.1, -0.05) is 0 Å². The van der Waals surface area contributed by atoms with E-state index >= 15 is 0 Å². The van der Waals surface area contributed by atoms with Crippen LogP contribution in [0.1, 0.15) is 64.5 Å². The van der Waals surface area contributed by atoms with Crippen molar-refractivity contribution in [3.8, 4) is 0 Å². The molecule has 1 atom stereocenters. The van der Waals surface area contributed by atoms with Gasteiger partial charge in [-0.05, 0) is 65.0 Å². The number of rotatable bonds is 2. The van der Waals surface area contributed by atoms with E-state index in [0.29, 0.717) is 25.6 Å². The SMILES string of the molecule is Cn1c(=O)n(C2CCC(=O)NC2=O)c2ccc3c(c21)CCCN3C1CCN(C(=O)OC(C)(C)C)CC1. The van der Waals surface area contributed by atoms with Crippen molar-refractivity contribution in [3.05, 3.63) is 28.2 Å². The van der Waals surface area contributed by atoms with Crippen molar-refractivity contribution < 1.29 is 19.1 Å². The highest BCUT2D eigenvalue weighted by Crippen LogP contribution is 2.37. The Bertz CT molecular complexity index is 1280. The van der Waals surface area contributed by atoms with E-state index in [1.165, 1.54) is 0 Å². The standard InChI is InChI=1S/C26H35N5O5/c1-26(2,3)36-25(35)29-14-11-16(12-15-29)30-13-5-6-17-18(30)7-8-19-22(17)28(4)24(34)31(19)20-9-10-21(32)27-23(20)33/h7-8,16,20H,5-6,9-15H2,1-4H3,(H,27,32,33). The Kier molecular flexibility index (Phi) is 6.08. The monoisotopic (exact) mass is 497 g/mol. The number of aromatic nitrogens is 2. The van der Waals surface area contributed by atoms with Crippen molar-refractivity contribution >= 4 is 34.6 Å². The van der Waals surface area contributed by atoms with Crippen molar-refractivity contribution in [1.29, 1.82) is 0 Å². The number of ether oxygens (including phenoxy) is 1. The first-order valence-corrected chi connectivity index (χ1v) is 12.9. The number of benzene rings is 1. The fourth-order valence-corrected chi connectivity index (χ4v) is 5.90. The molecule has 2 fully saturated rings. The third-order valence-corrected chi connectivity index (χ3v) is 7.54. The lowest BCUT2D eigenvalue weighted by atomic mass is 9.94. The van der Waals surface area contributed by atoms with Gasteiger partial charge < -0.3 is 14.5 Å². The number of imidazole rings is 1. The molecule has 194 valence electrons. The minimum absolute atomic E-state index is 0.222. The quantitative estimate of drug-likeness (QED) is 0.639. The fraction of sp³-hybridized carbons (Fsp3) is 0.615. The third-order valence-electron chi connectivity index (χ3n) is 7.54. The summed E-state index contributed by atoms with van der Waals surface area (Å²) in [5.41, 5.74) is 3.09. The molecule has 1 aromatic heterocycles. The number of anilines is 1. The number of amides is 3. The van der Waals surface area contributed by atoms with Gasteiger partial charge in [0, 0.05) is 50.4 Å². The molecule has 0 bridgehead atoms. The Morgan fingerprint density at radius 1 is 1.03 bits per heavy atom. The van der Waals surface area contributed by atoms with Crippen molar-refractivity contribution in [3.63, 3.8) is 0 Å². The molecule has 0 saturated carbocycles. The van der Waals surface area contributed by atoms with Crippen molar-refractivity contribution in [2.24, 2.45) is 7.05 Å². The number of fused-ring (bicyclic) bond motifs is 3. The highest BCUT2D eigenvalue weighted by molar-refractivity contribution is 6.00. The molecule has 3 aliphatic rings. The maximum Gasteiger partial charge on any atom is 0.410 e. The van der Waals surface area contributed by atoms with E-state index in [1.54, 1.807) is 21.1 Å². The van der Waals surface area contributed by atoms with Crippen molar-refractivity contribution in [2.45, 2.75) is 77.0 Å². The van der Waals surface area contributed by atoms with Crippen molar-refractivity contribution in [1.82, 2.24) is 19.4 Å². The summed E-state index contributed by atoms with van der Waals surface area (Å²) in [5, 5.41) is 2.37. The van der Waals surface area contributed by atoms with Gasteiger partial charge in [-0.2, -0.15) is 0 Å². The largest absolute Gasteiger partial charge is 0.444 e. The first kappa shape index (κ1) is 24.4. The summed E-state index contributed by atoms with van der Waals surface area (Å²) < 4.78 is 8.74. The predicted octanol–water partition coefficient (Wildman–Crippen LogP) is 2.47. The number of aryl methyl sites for hydroxylation is 2. The molecule has 3 aliphatic heterocycles. The van der Waals surface area contributed by atoms with Crippen LogP contribution in [0.5, 0.6) is 0 Å². The summed E-state index contributed by atoms with van der Waals surface area (Å²) in [4.78, 5) is 54.2. The lowest BCUT2D eigenvalue weighted by Gasteiger charge is -2.42. The number of carbonyl (C=O) groups is 3. The summed E-state index contributed by atoms with van der Waals surface area (Å²) in [7, 11) is 1.76. The molecule has 0 aliphatic carbocycles. The zero-order chi connectivity index (χ0) is 25.8. The molecule has 0 radical (unpaired) electrons. The average molecular weight is 498 g/mol. The number of imide groups is 1. The average Bonchev–Trinajstić information content (AvgIpc) is 3.08. The molecule has 36 heavy (non-hydrogen) atoms. The van der Waals surface area contributed by atoms with Crippen LogP contribution in [0.2, 0.25) is 0 Å². The summed E-state index contributed by atoms with van der Waals surface area (Å²) in [6.45, 7) is 7.87. The molecule has 2 saturated heterocycles. The van der Waals surface area contributed by atoms with Crippen LogP contribution in [0.4, 0.5) is 10.5 Å². The molecule has 5 rings (SSSR count). The Hall–Kier alpha value is -3.30. The Morgan fingerprint density at radius 2 is 1.75 bits per heavy atom. The van der Waals surface area contributed by atoms with Crippen LogP contribution in [0.3, 0.4) is 0 Å². The van der Waals surface area contributed by atoms with Crippen LogP contribution in [0, 0.1) is 0 Å². The van der Waals surface area contributed by atoms with E-state index in [-0.39, 0.29) is 24.1 Å². The number of piperidine rings is 2. The van der Waals surface area contributed by atoms with Gasteiger partial charge in [0.25, 0.3) is 0 Å². The topological polar surface area (TPSA) is 106 Å². The second-order valence-electron chi connectivity index (χ2n) is 11.1. The molecule has 2 aromatic rings. The maximum atomic E-state index is 13.3. The molecular weight excluding hydrogens is 462 g/mol. The van der Waals surface area contributed by atoms with E-state index in [1.807, 2.05) is 26.8 Å². The number of nitrogens with one attached hydrogen (secondary N) is 1. The van der Waals surface area contributed by atoms with Gasteiger partial charge in [-0.15, -0.1) is 0 Å². The number of carbonyl (C=O) groups excluding carboxylic acids is 3. The van der Waals surface area contributed by atoms with Crippen molar-refractivity contribution in [2.75, 3.05) is 24.5 Å². The van der Waals surface area contributed by atoms with E-state index in [9.17, 15) is 19.2 Å². The van der Waals surface area contributed by atoms with Gasteiger partial charge in [0.05, 0.1) is 11.0 Å². The summed E-state index contributed by atoms with van der Waals surface area (Å²) in [6.07, 6.45) is 3.82. The molecule has 10 heteroatoms. The van der Waals surface area contributed by atoms with Crippen LogP contribution >= 0.6 is 0 Å². The Labute approximate surface area is 210 Å². The van der Waals surface area contributed by atoms with E-state index in [0.717, 1.165) is 54.5 Å². The molecule has 0 spiro atoms. The molecule has 4 heterocycles. The summed E-state index contributed by atoms with van der Waals surface area (Å²) in [6, 6.07) is 3.62. The van der Waals surface area contributed by atoms with E-state index in [4.69, 9.17) is 4.74 Å².